The molecule has 0 saturated heterocycles. The number of amides is 2. The third kappa shape index (κ3) is 8.85. The Morgan fingerprint density at radius 1 is 0.891 bits per heavy atom. The van der Waals surface area contributed by atoms with Gasteiger partial charge in [-0.05, 0) is 100 Å². The number of nitriles is 1. The molecule has 0 aromatic heterocycles. The first-order valence-corrected chi connectivity index (χ1v) is 22.6. The fourth-order valence-electron chi connectivity index (χ4n) is 7.85. The molecule has 0 aliphatic carbocycles. The van der Waals surface area contributed by atoms with Crippen LogP contribution in [-0.4, -0.2) is 55.1 Å². The number of carbonyl (C=O) groups excluding carboxylic acids is 2. The number of aliphatic carboxylic acids is 1. The van der Waals surface area contributed by atoms with E-state index in [4.69, 9.17) is 37.4 Å². The van der Waals surface area contributed by atoms with Gasteiger partial charge in [0.1, 0.15) is 25.0 Å². The average molecular weight is 917 g/mol. The van der Waals surface area contributed by atoms with Gasteiger partial charge in [-0.15, -0.1) is 0 Å². The zero-order chi connectivity index (χ0) is 45.3. The molecule has 64 heavy (non-hydrogen) atoms. The highest BCUT2D eigenvalue weighted by Gasteiger charge is 2.43. The molecule has 2 aliphatic heterocycles. The molecule has 0 bridgehead atoms. The number of nitrogens with one attached hydrogen (secondary N) is 1. The van der Waals surface area contributed by atoms with Crippen LogP contribution in [0.25, 0.3) is 11.1 Å². The molecule has 12 nitrogen and oxygen atoms in total. The van der Waals surface area contributed by atoms with Crippen LogP contribution in [0, 0.1) is 11.3 Å². The van der Waals surface area contributed by atoms with Gasteiger partial charge in [-0.3, -0.25) is 9.59 Å². The lowest BCUT2D eigenvalue weighted by atomic mass is 9.88. The number of nitrogens with zero attached hydrogens (tertiary/aromatic N) is 2. The monoisotopic (exact) mass is 915 g/mol. The van der Waals surface area contributed by atoms with Gasteiger partial charge in [0.2, 0.25) is 5.91 Å². The standard InChI is InChI=1S/C49H39Cl2N3O9S/c1-49(48(57)58,35-16-12-30(13-17-35)37-8-4-3-7-32(37)25-52)53-46(55)41-22-33-23-42-43(24-34(33)26-54(41)47(56)38-9-5-6-10-45(38)64(2,59)60)63-44(28-62-42)31-14-18-36(19-15-31)61-27-29-11-20-39(50)40(51)21-29/h3-21,23-24,41,44H,22,26-28H2,1-2H3,(H,53,55)(H,57,58)/t41?,44-,49?/m1/s1. The number of halogens is 2. The highest BCUT2D eigenvalue weighted by atomic mass is 35.5. The first-order valence-electron chi connectivity index (χ1n) is 20.0. The lowest BCUT2D eigenvalue weighted by Crippen LogP contribution is -2.58. The van der Waals surface area contributed by atoms with E-state index in [0.717, 1.165) is 17.4 Å². The van der Waals surface area contributed by atoms with Gasteiger partial charge in [0, 0.05) is 19.2 Å². The molecule has 2 N–H and O–H groups in total. The van der Waals surface area contributed by atoms with Crippen molar-refractivity contribution in [3.05, 3.63) is 176 Å². The summed E-state index contributed by atoms with van der Waals surface area (Å²) in [5.41, 5.74) is 2.86. The van der Waals surface area contributed by atoms with E-state index in [0.29, 0.717) is 55.1 Å². The third-order valence-corrected chi connectivity index (χ3v) is 13.3. The van der Waals surface area contributed by atoms with Gasteiger partial charge in [0.05, 0.1) is 32.1 Å². The van der Waals surface area contributed by atoms with E-state index in [1.165, 1.54) is 36.1 Å². The topological polar surface area (TPSA) is 172 Å². The first kappa shape index (κ1) is 43.8. The molecule has 8 rings (SSSR count). The Kier molecular flexibility index (Phi) is 12.1. The van der Waals surface area contributed by atoms with Crippen molar-refractivity contribution in [1.29, 1.82) is 5.26 Å². The minimum absolute atomic E-state index is 0.0582. The third-order valence-electron chi connectivity index (χ3n) is 11.4. The Balaban J connectivity index is 1.07. The van der Waals surface area contributed by atoms with Crippen molar-refractivity contribution in [2.24, 2.45) is 0 Å². The van der Waals surface area contributed by atoms with Gasteiger partial charge in [-0.2, -0.15) is 5.26 Å². The first-order chi connectivity index (χ1) is 30.6. The van der Waals surface area contributed by atoms with E-state index in [-0.39, 0.29) is 42.2 Å². The summed E-state index contributed by atoms with van der Waals surface area (Å²) in [6, 6.07) is 36.3. The molecule has 2 aliphatic rings. The maximum atomic E-state index is 14.6. The highest BCUT2D eigenvalue weighted by Crippen LogP contribution is 2.42. The molecule has 6 aromatic rings. The minimum atomic E-state index is -3.88. The molecular formula is C49H39Cl2N3O9S. The zero-order valence-electron chi connectivity index (χ0n) is 34.4. The van der Waals surface area contributed by atoms with Crippen molar-refractivity contribution in [3.8, 4) is 34.4 Å². The number of carbonyl (C=O) groups is 3. The van der Waals surface area contributed by atoms with Crippen molar-refractivity contribution < 1.29 is 42.1 Å². The molecule has 2 unspecified atom stereocenters. The number of carboxylic acids is 1. The summed E-state index contributed by atoms with van der Waals surface area (Å²) in [6.07, 6.45) is 0.437. The summed E-state index contributed by atoms with van der Waals surface area (Å²) < 4.78 is 44.4. The quantitative estimate of drug-likeness (QED) is 0.128. The van der Waals surface area contributed by atoms with E-state index in [2.05, 4.69) is 11.4 Å². The summed E-state index contributed by atoms with van der Waals surface area (Å²) in [4.78, 5) is 43.2. The van der Waals surface area contributed by atoms with Crippen LogP contribution in [0.2, 0.25) is 10.0 Å². The second-order valence-corrected chi connectivity index (χ2v) is 18.5. The van der Waals surface area contributed by atoms with Crippen LogP contribution >= 0.6 is 23.2 Å². The Hall–Kier alpha value is -6.85. The van der Waals surface area contributed by atoms with Crippen molar-refractivity contribution in [3.63, 3.8) is 0 Å². The molecule has 2 heterocycles. The molecule has 0 radical (unpaired) electrons. The summed E-state index contributed by atoms with van der Waals surface area (Å²) in [7, 11) is -3.88. The predicted molar refractivity (Wildman–Crippen MR) is 239 cm³/mol. The van der Waals surface area contributed by atoms with Crippen molar-refractivity contribution >= 4 is 50.8 Å². The van der Waals surface area contributed by atoms with Crippen LogP contribution < -0.4 is 19.5 Å². The lowest BCUT2D eigenvalue weighted by molar-refractivity contribution is -0.148. The van der Waals surface area contributed by atoms with Crippen LogP contribution in [0.4, 0.5) is 0 Å². The molecule has 3 atom stereocenters. The normalized spacial score (nSPS) is 16.4. The Labute approximate surface area is 379 Å². The molecule has 0 fully saturated rings. The molecule has 0 spiro atoms. The molecule has 324 valence electrons. The van der Waals surface area contributed by atoms with Gasteiger partial charge in [-0.1, -0.05) is 96.0 Å². The summed E-state index contributed by atoms with van der Waals surface area (Å²) in [5.74, 6) is -1.42. The molecule has 15 heteroatoms. The molecule has 6 aromatic carbocycles. The van der Waals surface area contributed by atoms with Crippen LogP contribution in [0.15, 0.2) is 132 Å². The number of hydrogen-bond acceptors (Lipinski definition) is 9. The number of hydrogen-bond donors (Lipinski definition) is 2. The van der Waals surface area contributed by atoms with E-state index in [1.807, 2.05) is 30.3 Å². The Morgan fingerprint density at radius 2 is 1.59 bits per heavy atom. The van der Waals surface area contributed by atoms with Crippen LogP contribution in [-0.2, 0) is 44.5 Å². The maximum Gasteiger partial charge on any atom is 0.333 e. The van der Waals surface area contributed by atoms with Crippen molar-refractivity contribution in [2.45, 2.75) is 49.1 Å². The maximum absolute atomic E-state index is 14.6. The average Bonchev–Trinajstić information content (AvgIpc) is 3.30. The zero-order valence-corrected chi connectivity index (χ0v) is 36.7. The van der Waals surface area contributed by atoms with Gasteiger partial charge in [0.15, 0.2) is 33.0 Å². The summed E-state index contributed by atoms with van der Waals surface area (Å²) in [5, 5.41) is 23.8. The van der Waals surface area contributed by atoms with E-state index < -0.39 is 45.3 Å². The Morgan fingerprint density at radius 3 is 2.30 bits per heavy atom. The minimum Gasteiger partial charge on any atom is -0.489 e. The number of benzene rings is 6. The van der Waals surface area contributed by atoms with Gasteiger partial charge in [0.25, 0.3) is 5.91 Å². The lowest BCUT2D eigenvalue weighted by Gasteiger charge is -2.39. The molecule has 2 amide bonds. The van der Waals surface area contributed by atoms with E-state index in [9.17, 15) is 33.2 Å². The highest BCUT2D eigenvalue weighted by molar-refractivity contribution is 7.90. The SMILES string of the molecule is CC(NC(=O)C1Cc2cc3c(cc2CN1C(=O)c1ccccc1S(C)(=O)=O)O[C@@H](c1ccc(OCc2ccc(Cl)c(Cl)c2)cc1)CO3)(C(=O)O)c1ccc(-c2ccccc2C#N)cc1. The van der Waals surface area contributed by atoms with Crippen molar-refractivity contribution in [2.75, 3.05) is 12.9 Å². The number of sulfone groups is 1. The predicted octanol–water partition coefficient (Wildman–Crippen LogP) is 8.71. The summed E-state index contributed by atoms with van der Waals surface area (Å²) in [6.45, 7) is 1.66. The van der Waals surface area contributed by atoms with Crippen molar-refractivity contribution in [1.82, 2.24) is 10.2 Å². The largest absolute Gasteiger partial charge is 0.489 e. The van der Waals surface area contributed by atoms with Gasteiger partial charge in [-0.25, -0.2) is 13.2 Å². The Bertz CT molecular complexity index is 2970. The van der Waals surface area contributed by atoms with Gasteiger partial charge >= 0.3 is 5.97 Å². The number of rotatable bonds is 11. The summed E-state index contributed by atoms with van der Waals surface area (Å²) >= 11 is 12.2. The molecular weight excluding hydrogens is 878 g/mol. The van der Waals surface area contributed by atoms with Gasteiger partial charge < -0.3 is 29.5 Å². The second kappa shape index (κ2) is 17.7. The number of fused-ring (bicyclic) bond motifs is 2. The van der Waals surface area contributed by atoms with Crippen LogP contribution in [0.3, 0.4) is 0 Å². The number of ether oxygens (including phenoxy) is 3. The molecule has 0 saturated carbocycles. The fraction of sp³-hybridized carbons (Fsp3) is 0.184. The fourth-order valence-corrected chi connectivity index (χ4v) is 9.05. The smallest absolute Gasteiger partial charge is 0.333 e. The van der Waals surface area contributed by atoms with Crippen LogP contribution in [0.1, 0.15) is 56.8 Å². The number of carboxylic acid groups (broad SMARTS) is 1. The van der Waals surface area contributed by atoms with E-state index >= 15 is 0 Å². The second-order valence-electron chi connectivity index (χ2n) is 15.7. The van der Waals surface area contributed by atoms with Crippen LogP contribution in [0.5, 0.6) is 17.2 Å². The van der Waals surface area contributed by atoms with E-state index in [1.54, 1.807) is 72.8 Å².